The maximum absolute atomic E-state index is 12.3. The molecule has 2 unspecified atom stereocenters. The number of nitrogens with zero attached hydrogens (tertiary/aromatic N) is 1. The van der Waals surface area contributed by atoms with E-state index in [4.69, 9.17) is 11.6 Å². The second kappa shape index (κ2) is 5.61. The van der Waals surface area contributed by atoms with Crippen LogP contribution in [0.5, 0.6) is 0 Å². The van der Waals surface area contributed by atoms with E-state index in [1.165, 1.54) is 0 Å². The van der Waals surface area contributed by atoms with E-state index in [0.29, 0.717) is 10.6 Å². The largest absolute Gasteiger partial charge is 0.481 e. The molecule has 6 heteroatoms. The first-order chi connectivity index (χ1) is 9.62. The first kappa shape index (κ1) is 16.3. The topological polar surface area (TPSA) is 57.6 Å². The smallest absolute Gasteiger partial charge is 0.309 e. The molecule has 0 aromatic heterocycles. The number of likely N-dealkylation sites (tertiary alicyclic amines) is 1. The van der Waals surface area contributed by atoms with Gasteiger partial charge in [0, 0.05) is 21.5 Å². The van der Waals surface area contributed by atoms with Crippen molar-refractivity contribution in [3.05, 3.63) is 33.3 Å². The highest BCUT2D eigenvalue weighted by Crippen LogP contribution is 2.45. The summed E-state index contributed by atoms with van der Waals surface area (Å²) in [6, 6.07) is 4.74. The first-order valence-electron chi connectivity index (χ1n) is 6.63. The fourth-order valence-electron chi connectivity index (χ4n) is 2.84. The Morgan fingerprint density at radius 2 is 2.05 bits per heavy atom. The SMILES string of the molecule is CC(C)(C)N1C(=O)CC(C(=O)O)C1c1cc(Br)ccc1Cl. The molecule has 0 spiro atoms. The van der Waals surface area contributed by atoms with Gasteiger partial charge in [-0.25, -0.2) is 0 Å². The van der Waals surface area contributed by atoms with Crippen molar-refractivity contribution in [3.8, 4) is 0 Å². The molecule has 114 valence electrons. The summed E-state index contributed by atoms with van der Waals surface area (Å²) in [6.45, 7) is 5.69. The number of carboxylic acids is 1. The Morgan fingerprint density at radius 1 is 1.43 bits per heavy atom. The van der Waals surface area contributed by atoms with Gasteiger partial charge in [0.1, 0.15) is 0 Å². The lowest BCUT2D eigenvalue weighted by Gasteiger charge is -2.38. The monoisotopic (exact) mass is 373 g/mol. The summed E-state index contributed by atoms with van der Waals surface area (Å²) >= 11 is 9.63. The lowest BCUT2D eigenvalue weighted by molar-refractivity contribution is -0.142. The van der Waals surface area contributed by atoms with Crippen LogP contribution in [0.3, 0.4) is 0 Å². The molecule has 1 heterocycles. The van der Waals surface area contributed by atoms with Gasteiger partial charge in [-0.3, -0.25) is 9.59 Å². The number of benzene rings is 1. The summed E-state index contributed by atoms with van der Waals surface area (Å²) in [6.07, 6.45) is 0.000111. The van der Waals surface area contributed by atoms with Crippen molar-refractivity contribution >= 4 is 39.4 Å². The fraction of sp³-hybridized carbons (Fsp3) is 0.467. The average Bonchev–Trinajstić information content (AvgIpc) is 2.69. The number of carbonyl (C=O) groups is 2. The van der Waals surface area contributed by atoms with Crippen LogP contribution in [0.1, 0.15) is 38.8 Å². The Kier molecular flexibility index (Phi) is 4.36. The zero-order chi connectivity index (χ0) is 15.9. The van der Waals surface area contributed by atoms with E-state index in [9.17, 15) is 14.7 Å². The predicted molar refractivity (Wildman–Crippen MR) is 84.2 cm³/mol. The van der Waals surface area contributed by atoms with Crippen LogP contribution in [-0.2, 0) is 9.59 Å². The highest BCUT2D eigenvalue weighted by Gasteiger charge is 2.49. The maximum atomic E-state index is 12.3. The van der Waals surface area contributed by atoms with Gasteiger partial charge in [-0.05, 0) is 44.5 Å². The van der Waals surface area contributed by atoms with Crippen molar-refractivity contribution in [3.63, 3.8) is 0 Å². The van der Waals surface area contributed by atoms with Gasteiger partial charge in [0.15, 0.2) is 0 Å². The number of carboxylic acid groups (broad SMARTS) is 1. The number of halogens is 2. The van der Waals surface area contributed by atoms with Gasteiger partial charge in [0.25, 0.3) is 0 Å². The lowest BCUT2D eigenvalue weighted by Crippen LogP contribution is -2.44. The van der Waals surface area contributed by atoms with Gasteiger partial charge < -0.3 is 10.0 Å². The summed E-state index contributed by atoms with van der Waals surface area (Å²) in [5.41, 5.74) is 0.191. The average molecular weight is 375 g/mol. The summed E-state index contributed by atoms with van der Waals surface area (Å²) in [4.78, 5) is 25.5. The molecule has 1 amide bonds. The molecule has 1 aliphatic heterocycles. The van der Waals surface area contributed by atoms with E-state index in [2.05, 4.69) is 15.9 Å². The van der Waals surface area contributed by atoms with E-state index in [-0.39, 0.29) is 12.3 Å². The van der Waals surface area contributed by atoms with Crippen LogP contribution in [0.15, 0.2) is 22.7 Å². The third kappa shape index (κ3) is 3.09. The third-order valence-electron chi connectivity index (χ3n) is 3.64. The van der Waals surface area contributed by atoms with E-state index in [1.807, 2.05) is 20.8 Å². The standard InChI is InChI=1S/C15H17BrClNO3/c1-15(2,3)18-12(19)7-10(14(20)21)13(18)9-6-8(16)4-5-11(9)17/h4-6,10,13H,7H2,1-3H3,(H,20,21). The Labute approximate surface area is 137 Å². The number of hydrogen-bond donors (Lipinski definition) is 1. The Balaban J connectivity index is 2.60. The Morgan fingerprint density at radius 3 is 2.57 bits per heavy atom. The maximum Gasteiger partial charge on any atom is 0.309 e. The molecule has 2 atom stereocenters. The van der Waals surface area contributed by atoms with Crippen molar-refractivity contribution in [2.75, 3.05) is 0 Å². The van der Waals surface area contributed by atoms with Crippen LogP contribution >= 0.6 is 27.5 Å². The van der Waals surface area contributed by atoms with Crippen molar-refractivity contribution in [2.24, 2.45) is 5.92 Å². The molecule has 21 heavy (non-hydrogen) atoms. The van der Waals surface area contributed by atoms with Crippen LogP contribution in [-0.4, -0.2) is 27.4 Å². The Bertz CT molecular complexity index is 597. The van der Waals surface area contributed by atoms with E-state index >= 15 is 0 Å². The number of carbonyl (C=O) groups excluding carboxylic acids is 1. The van der Waals surface area contributed by atoms with Crippen molar-refractivity contribution < 1.29 is 14.7 Å². The van der Waals surface area contributed by atoms with E-state index in [0.717, 1.165) is 4.47 Å². The summed E-state index contributed by atoms with van der Waals surface area (Å²) < 4.78 is 0.805. The zero-order valence-electron chi connectivity index (χ0n) is 12.1. The molecule has 1 saturated heterocycles. The Hall–Kier alpha value is -1.07. The summed E-state index contributed by atoms with van der Waals surface area (Å²) in [7, 11) is 0. The second-order valence-corrected chi connectivity index (χ2v) is 7.52. The highest BCUT2D eigenvalue weighted by molar-refractivity contribution is 9.10. The molecule has 1 N–H and O–H groups in total. The molecule has 1 aromatic carbocycles. The molecular formula is C15H17BrClNO3. The quantitative estimate of drug-likeness (QED) is 0.855. The minimum Gasteiger partial charge on any atom is -0.481 e. The molecule has 0 radical (unpaired) electrons. The van der Waals surface area contributed by atoms with Crippen LogP contribution in [0.2, 0.25) is 5.02 Å². The van der Waals surface area contributed by atoms with E-state index in [1.54, 1.807) is 23.1 Å². The molecule has 0 saturated carbocycles. The minimum atomic E-state index is -0.976. The molecule has 2 rings (SSSR count). The van der Waals surface area contributed by atoms with Gasteiger partial charge >= 0.3 is 5.97 Å². The summed E-state index contributed by atoms with van der Waals surface area (Å²) in [5, 5.41) is 9.94. The highest BCUT2D eigenvalue weighted by atomic mass is 79.9. The normalized spacial score (nSPS) is 22.7. The number of aliphatic carboxylic acids is 1. The third-order valence-corrected chi connectivity index (χ3v) is 4.48. The van der Waals surface area contributed by atoms with Crippen molar-refractivity contribution in [1.29, 1.82) is 0 Å². The molecule has 1 aromatic rings. The van der Waals surface area contributed by atoms with Gasteiger partial charge in [0.05, 0.1) is 12.0 Å². The van der Waals surface area contributed by atoms with Crippen LogP contribution in [0, 0.1) is 5.92 Å². The van der Waals surface area contributed by atoms with Gasteiger partial charge in [-0.1, -0.05) is 27.5 Å². The van der Waals surface area contributed by atoms with Crippen LogP contribution < -0.4 is 0 Å². The first-order valence-corrected chi connectivity index (χ1v) is 7.80. The molecular weight excluding hydrogens is 358 g/mol. The second-order valence-electron chi connectivity index (χ2n) is 6.19. The van der Waals surface area contributed by atoms with Crippen LogP contribution in [0.4, 0.5) is 0 Å². The number of hydrogen-bond acceptors (Lipinski definition) is 2. The predicted octanol–water partition coefficient (Wildman–Crippen LogP) is 3.88. The van der Waals surface area contributed by atoms with Gasteiger partial charge in [0.2, 0.25) is 5.91 Å². The molecule has 0 bridgehead atoms. The molecule has 0 aliphatic carbocycles. The summed E-state index contributed by atoms with van der Waals surface area (Å²) in [5.74, 6) is -1.92. The fourth-order valence-corrected chi connectivity index (χ4v) is 3.45. The van der Waals surface area contributed by atoms with Gasteiger partial charge in [-0.2, -0.15) is 0 Å². The molecule has 1 fully saturated rings. The molecule has 1 aliphatic rings. The lowest BCUT2D eigenvalue weighted by atomic mass is 9.91. The van der Waals surface area contributed by atoms with Crippen molar-refractivity contribution in [2.45, 2.75) is 38.8 Å². The van der Waals surface area contributed by atoms with Crippen LogP contribution in [0.25, 0.3) is 0 Å². The molecule has 4 nitrogen and oxygen atoms in total. The van der Waals surface area contributed by atoms with Gasteiger partial charge in [-0.15, -0.1) is 0 Å². The number of rotatable bonds is 2. The van der Waals surface area contributed by atoms with Crippen molar-refractivity contribution in [1.82, 2.24) is 4.90 Å². The minimum absolute atomic E-state index is 0.000111. The number of amides is 1. The van der Waals surface area contributed by atoms with E-state index < -0.39 is 23.5 Å². The zero-order valence-corrected chi connectivity index (χ0v) is 14.4.